The number of hydrogen-bond acceptors (Lipinski definition) is 3. The number of rotatable bonds is 1. The van der Waals surface area contributed by atoms with E-state index in [-0.39, 0.29) is 5.69 Å². The fourth-order valence-electron chi connectivity index (χ4n) is 1.35. The summed E-state index contributed by atoms with van der Waals surface area (Å²) in [5.41, 5.74) is 0.841. The van der Waals surface area contributed by atoms with E-state index in [0.717, 1.165) is 5.56 Å². The van der Waals surface area contributed by atoms with Gasteiger partial charge >= 0.3 is 0 Å². The highest BCUT2D eigenvalue weighted by molar-refractivity contribution is 6.32. The first-order chi connectivity index (χ1) is 6.18. The van der Waals surface area contributed by atoms with Gasteiger partial charge in [-0.05, 0) is 0 Å². The van der Waals surface area contributed by atoms with Crippen molar-refractivity contribution in [1.29, 1.82) is 0 Å². The Bertz CT molecular complexity index is 378. The summed E-state index contributed by atoms with van der Waals surface area (Å²) in [4.78, 5) is 10.0. The zero-order valence-corrected chi connectivity index (χ0v) is 7.37. The van der Waals surface area contributed by atoms with Crippen molar-refractivity contribution in [3.8, 4) is 5.75 Å². The first kappa shape index (κ1) is 8.31. The Morgan fingerprint density at radius 1 is 1.54 bits per heavy atom. The number of benzene rings is 1. The van der Waals surface area contributed by atoms with E-state index >= 15 is 0 Å². The molecular weight excluding hydrogens is 194 g/mol. The minimum atomic E-state index is -0.454. The van der Waals surface area contributed by atoms with Gasteiger partial charge in [-0.1, -0.05) is 11.6 Å². The SMILES string of the molecule is O=[N+]([O-])c1cc(Cl)c2c(c1)CCO2. The summed E-state index contributed by atoms with van der Waals surface area (Å²) in [5, 5.41) is 10.8. The molecule has 0 aromatic heterocycles. The van der Waals surface area contributed by atoms with E-state index < -0.39 is 4.92 Å². The summed E-state index contributed by atoms with van der Waals surface area (Å²) < 4.78 is 5.21. The van der Waals surface area contributed by atoms with Crippen LogP contribution in [0.1, 0.15) is 5.56 Å². The maximum Gasteiger partial charge on any atom is 0.271 e. The molecule has 68 valence electrons. The first-order valence-corrected chi connectivity index (χ1v) is 4.16. The minimum Gasteiger partial charge on any atom is -0.491 e. The van der Waals surface area contributed by atoms with Crippen LogP contribution in [-0.2, 0) is 6.42 Å². The molecule has 0 bridgehead atoms. The molecule has 0 spiro atoms. The number of nitro benzene ring substituents is 1. The van der Waals surface area contributed by atoms with Crippen LogP contribution in [0, 0.1) is 10.1 Å². The highest BCUT2D eigenvalue weighted by Gasteiger charge is 2.20. The number of non-ortho nitro benzene ring substituents is 1. The Morgan fingerprint density at radius 2 is 2.31 bits per heavy atom. The maximum absolute atomic E-state index is 10.5. The predicted octanol–water partition coefficient (Wildman–Crippen LogP) is 2.18. The molecule has 4 nitrogen and oxygen atoms in total. The first-order valence-electron chi connectivity index (χ1n) is 3.78. The summed E-state index contributed by atoms with van der Waals surface area (Å²) in [6.07, 6.45) is 0.691. The molecule has 0 radical (unpaired) electrons. The third-order valence-corrected chi connectivity index (χ3v) is 2.21. The largest absolute Gasteiger partial charge is 0.491 e. The lowest BCUT2D eigenvalue weighted by Crippen LogP contribution is -1.89. The van der Waals surface area contributed by atoms with Crippen molar-refractivity contribution in [2.24, 2.45) is 0 Å². The molecule has 0 N–H and O–H groups in total. The zero-order chi connectivity index (χ0) is 9.42. The number of ether oxygens (including phenoxy) is 1. The van der Waals surface area contributed by atoms with Crippen LogP contribution < -0.4 is 4.74 Å². The van der Waals surface area contributed by atoms with E-state index in [1.54, 1.807) is 0 Å². The Balaban J connectivity index is 2.55. The topological polar surface area (TPSA) is 52.4 Å². The van der Waals surface area contributed by atoms with Crippen LogP contribution in [0.5, 0.6) is 5.75 Å². The summed E-state index contributed by atoms with van der Waals surface area (Å²) in [6, 6.07) is 2.82. The predicted molar refractivity (Wildman–Crippen MR) is 47.3 cm³/mol. The van der Waals surface area contributed by atoms with E-state index in [4.69, 9.17) is 16.3 Å². The summed E-state index contributed by atoms with van der Waals surface area (Å²) in [7, 11) is 0. The van der Waals surface area contributed by atoms with Gasteiger partial charge in [0.05, 0.1) is 16.6 Å². The van der Waals surface area contributed by atoms with Gasteiger partial charge in [0, 0.05) is 24.1 Å². The fourth-order valence-corrected chi connectivity index (χ4v) is 1.64. The molecule has 1 aromatic rings. The monoisotopic (exact) mass is 199 g/mol. The molecule has 0 aliphatic carbocycles. The van der Waals surface area contributed by atoms with Gasteiger partial charge in [-0.15, -0.1) is 0 Å². The van der Waals surface area contributed by atoms with Gasteiger partial charge in [-0.25, -0.2) is 0 Å². The second kappa shape index (κ2) is 2.88. The Labute approximate surface area is 79.2 Å². The summed E-state index contributed by atoms with van der Waals surface area (Å²) in [5.74, 6) is 0.590. The average Bonchev–Trinajstić information content (AvgIpc) is 2.51. The molecule has 1 aromatic carbocycles. The number of nitro groups is 1. The standard InChI is InChI=1S/C8H6ClNO3/c9-7-4-6(10(11)12)3-5-1-2-13-8(5)7/h3-4H,1-2H2. The minimum absolute atomic E-state index is 0.0225. The van der Waals surface area contributed by atoms with Gasteiger partial charge in [-0.3, -0.25) is 10.1 Å². The van der Waals surface area contributed by atoms with Crippen LogP contribution in [-0.4, -0.2) is 11.5 Å². The lowest BCUT2D eigenvalue weighted by Gasteiger charge is -2.00. The van der Waals surface area contributed by atoms with E-state index in [2.05, 4.69) is 0 Å². The van der Waals surface area contributed by atoms with Crippen LogP contribution in [0.3, 0.4) is 0 Å². The number of hydrogen-bond donors (Lipinski definition) is 0. The highest BCUT2D eigenvalue weighted by atomic mass is 35.5. The molecule has 0 amide bonds. The summed E-state index contributed by atoms with van der Waals surface area (Å²) >= 11 is 5.79. The van der Waals surface area contributed by atoms with Crippen LogP contribution in [0.25, 0.3) is 0 Å². The van der Waals surface area contributed by atoms with E-state index in [1.165, 1.54) is 12.1 Å². The maximum atomic E-state index is 10.5. The van der Waals surface area contributed by atoms with E-state index in [1.807, 2.05) is 0 Å². The van der Waals surface area contributed by atoms with E-state index in [0.29, 0.717) is 23.8 Å². The summed E-state index contributed by atoms with van der Waals surface area (Å²) in [6.45, 7) is 0.552. The zero-order valence-electron chi connectivity index (χ0n) is 6.62. The smallest absolute Gasteiger partial charge is 0.271 e. The Morgan fingerprint density at radius 3 is 3.00 bits per heavy atom. The molecule has 0 atom stereocenters. The third kappa shape index (κ3) is 1.33. The second-order valence-electron chi connectivity index (χ2n) is 2.77. The van der Waals surface area contributed by atoms with Crippen molar-refractivity contribution in [3.05, 3.63) is 32.8 Å². The Hall–Kier alpha value is -1.29. The quantitative estimate of drug-likeness (QED) is 0.515. The van der Waals surface area contributed by atoms with E-state index in [9.17, 15) is 10.1 Å². The van der Waals surface area contributed by atoms with Crippen molar-refractivity contribution in [2.45, 2.75) is 6.42 Å². The van der Waals surface area contributed by atoms with Gasteiger partial charge in [0.25, 0.3) is 5.69 Å². The van der Waals surface area contributed by atoms with Gasteiger partial charge in [0.2, 0.25) is 0 Å². The van der Waals surface area contributed by atoms with Crippen LogP contribution >= 0.6 is 11.6 Å². The molecule has 2 rings (SSSR count). The van der Waals surface area contributed by atoms with Crippen molar-refractivity contribution in [3.63, 3.8) is 0 Å². The molecule has 1 aliphatic heterocycles. The van der Waals surface area contributed by atoms with Gasteiger partial charge < -0.3 is 4.74 Å². The normalized spacial score (nSPS) is 13.6. The molecule has 0 saturated carbocycles. The molecule has 0 fully saturated rings. The lowest BCUT2D eigenvalue weighted by molar-refractivity contribution is -0.384. The third-order valence-electron chi connectivity index (χ3n) is 1.93. The second-order valence-corrected chi connectivity index (χ2v) is 3.18. The lowest BCUT2D eigenvalue weighted by atomic mass is 10.1. The van der Waals surface area contributed by atoms with Crippen molar-refractivity contribution < 1.29 is 9.66 Å². The van der Waals surface area contributed by atoms with Crippen LogP contribution in [0.15, 0.2) is 12.1 Å². The van der Waals surface area contributed by atoms with Crippen molar-refractivity contribution in [1.82, 2.24) is 0 Å². The van der Waals surface area contributed by atoms with Crippen molar-refractivity contribution in [2.75, 3.05) is 6.61 Å². The fraction of sp³-hybridized carbons (Fsp3) is 0.250. The molecule has 0 saturated heterocycles. The molecule has 1 aliphatic rings. The number of halogens is 1. The highest BCUT2D eigenvalue weighted by Crippen LogP contribution is 2.36. The molecule has 13 heavy (non-hydrogen) atoms. The van der Waals surface area contributed by atoms with Gasteiger partial charge in [-0.2, -0.15) is 0 Å². The molecule has 0 unspecified atom stereocenters. The molecule has 5 heteroatoms. The number of fused-ring (bicyclic) bond motifs is 1. The molecular formula is C8H6ClNO3. The Kier molecular flexibility index (Phi) is 1.84. The molecule has 1 heterocycles. The van der Waals surface area contributed by atoms with Crippen molar-refractivity contribution >= 4 is 17.3 Å². The number of nitrogens with zero attached hydrogens (tertiary/aromatic N) is 1. The van der Waals surface area contributed by atoms with Gasteiger partial charge in [0.15, 0.2) is 0 Å². The van der Waals surface area contributed by atoms with Crippen LogP contribution in [0.4, 0.5) is 5.69 Å². The van der Waals surface area contributed by atoms with Gasteiger partial charge in [0.1, 0.15) is 5.75 Å². The average molecular weight is 200 g/mol. The van der Waals surface area contributed by atoms with Crippen LogP contribution in [0.2, 0.25) is 5.02 Å².